The summed E-state index contributed by atoms with van der Waals surface area (Å²) in [5.74, 6) is -0.178. The molecular formula is C10H13BrN2O2. The van der Waals surface area contributed by atoms with E-state index in [-0.39, 0.29) is 12.5 Å². The van der Waals surface area contributed by atoms with E-state index in [9.17, 15) is 4.79 Å². The summed E-state index contributed by atoms with van der Waals surface area (Å²) in [4.78, 5) is 11.5. The van der Waals surface area contributed by atoms with Crippen molar-refractivity contribution >= 4 is 27.5 Å². The monoisotopic (exact) mass is 272 g/mol. The van der Waals surface area contributed by atoms with Gasteiger partial charge in [-0.2, -0.15) is 0 Å². The van der Waals surface area contributed by atoms with E-state index in [1.165, 1.54) is 0 Å². The van der Waals surface area contributed by atoms with E-state index in [1.54, 1.807) is 18.2 Å². The highest BCUT2D eigenvalue weighted by molar-refractivity contribution is 9.10. The largest absolute Gasteiger partial charge is 0.398 e. The van der Waals surface area contributed by atoms with Crippen molar-refractivity contribution in [3.8, 4) is 0 Å². The average molecular weight is 273 g/mol. The van der Waals surface area contributed by atoms with E-state index < -0.39 is 0 Å². The number of anilines is 1. The molecule has 5 heteroatoms. The van der Waals surface area contributed by atoms with E-state index in [0.29, 0.717) is 24.2 Å². The smallest absolute Gasteiger partial charge is 0.251 e. The van der Waals surface area contributed by atoms with Gasteiger partial charge in [-0.15, -0.1) is 0 Å². The topological polar surface area (TPSA) is 75.4 Å². The molecule has 15 heavy (non-hydrogen) atoms. The van der Waals surface area contributed by atoms with E-state index in [4.69, 9.17) is 10.8 Å². The number of hydrogen-bond acceptors (Lipinski definition) is 3. The van der Waals surface area contributed by atoms with Gasteiger partial charge >= 0.3 is 0 Å². The van der Waals surface area contributed by atoms with Crippen LogP contribution in [0.1, 0.15) is 16.8 Å². The zero-order valence-corrected chi connectivity index (χ0v) is 9.75. The van der Waals surface area contributed by atoms with Gasteiger partial charge in [0.15, 0.2) is 0 Å². The van der Waals surface area contributed by atoms with Crippen LogP contribution in [0.4, 0.5) is 5.69 Å². The molecule has 0 bridgehead atoms. The molecule has 1 amide bonds. The first-order chi connectivity index (χ1) is 7.15. The van der Waals surface area contributed by atoms with Gasteiger partial charge in [0.2, 0.25) is 0 Å². The third kappa shape index (κ3) is 3.53. The summed E-state index contributed by atoms with van der Waals surface area (Å²) in [6.07, 6.45) is 0.553. The first-order valence-electron chi connectivity index (χ1n) is 4.59. The molecule has 0 saturated heterocycles. The normalized spacial score (nSPS) is 10.0. The standard InChI is InChI=1S/C10H13BrN2O2/c11-8-3-2-7(6-9(8)12)10(15)13-4-1-5-14/h2-3,6,14H,1,4-5,12H2,(H,13,15). The Labute approximate surface area is 96.6 Å². The van der Waals surface area contributed by atoms with E-state index in [0.717, 1.165) is 4.47 Å². The predicted octanol–water partition coefficient (Wildman–Crippen LogP) is 1.14. The number of amides is 1. The Bertz CT molecular complexity index is 355. The number of nitrogens with one attached hydrogen (secondary N) is 1. The van der Waals surface area contributed by atoms with Crippen LogP contribution in [-0.4, -0.2) is 24.2 Å². The molecule has 82 valence electrons. The van der Waals surface area contributed by atoms with Crippen LogP contribution in [0.5, 0.6) is 0 Å². The molecule has 0 radical (unpaired) electrons. The lowest BCUT2D eigenvalue weighted by atomic mass is 10.2. The number of benzene rings is 1. The van der Waals surface area contributed by atoms with Gasteiger partial charge in [0, 0.05) is 28.9 Å². The first-order valence-corrected chi connectivity index (χ1v) is 5.38. The Hall–Kier alpha value is -1.07. The number of carbonyl (C=O) groups is 1. The summed E-state index contributed by atoms with van der Waals surface area (Å²) in [6.45, 7) is 0.536. The summed E-state index contributed by atoms with van der Waals surface area (Å²) >= 11 is 3.25. The summed E-state index contributed by atoms with van der Waals surface area (Å²) in [6, 6.07) is 5.03. The summed E-state index contributed by atoms with van der Waals surface area (Å²) in [7, 11) is 0. The minimum absolute atomic E-state index is 0.0722. The zero-order valence-electron chi connectivity index (χ0n) is 8.16. The van der Waals surface area contributed by atoms with Crippen LogP contribution in [0, 0.1) is 0 Å². The molecule has 0 unspecified atom stereocenters. The summed E-state index contributed by atoms with van der Waals surface area (Å²) in [5, 5.41) is 11.2. The molecule has 4 N–H and O–H groups in total. The lowest BCUT2D eigenvalue weighted by molar-refractivity contribution is 0.0951. The molecule has 0 saturated carbocycles. The van der Waals surface area contributed by atoms with Gasteiger partial charge in [-0.05, 0) is 40.5 Å². The Kier molecular flexibility index (Phi) is 4.58. The molecule has 0 aliphatic rings. The van der Waals surface area contributed by atoms with Crippen molar-refractivity contribution in [1.82, 2.24) is 5.32 Å². The SMILES string of the molecule is Nc1cc(C(=O)NCCCO)ccc1Br. The second-order valence-corrected chi connectivity index (χ2v) is 3.92. The lowest BCUT2D eigenvalue weighted by Crippen LogP contribution is -2.25. The number of aliphatic hydroxyl groups excluding tert-OH is 1. The first kappa shape index (κ1) is 12.0. The molecule has 0 aromatic heterocycles. The van der Waals surface area contributed by atoms with Crippen molar-refractivity contribution in [3.63, 3.8) is 0 Å². The molecule has 0 fully saturated rings. The van der Waals surface area contributed by atoms with Crippen LogP contribution >= 0.6 is 15.9 Å². The van der Waals surface area contributed by atoms with Gasteiger partial charge in [0.25, 0.3) is 5.91 Å². The Morgan fingerprint density at radius 1 is 1.53 bits per heavy atom. The Balaban J connectivity index is 2.62. The maximum atomic E-state index is 11.5. The highest BCUT2D eigenvalue weighted by Crippen LogP contribution is 2.19. The van der Waals surface area contributed by atoms with Crippen LogP contribution in [0.3, 0.4) is 0 Å². The van der Waals surface area contributed by atoms with Crippen molar-refractivity contribution in [2.45, 2.75) is 6.42 Å². The Morgan fingerprint density at radius 3 is 2.87 bits per heavy atom. The number of nitrogen functional groups attached to an aromatic ring is 1. The lowest BCUT2D eigenvalue weighted by Gasteiger charge is -2.05. The molecule has 0 atom stereocenters. The molecule has 1 aromatic carbocycles. The third-order valence-corrected chi connectivity index (χ3v) is 2.60. The maximum Gasteiger partial charge on any atom is 0.251 e. The average Bonchev–Trinajstić information content (AvgIpc) is 2.22. The molecule has 0 heterocycles. The van der Waals surface area contributed by atoms with Gasteiger partial charge in [-0.25, -0.2) is 0 Å². The third-order valence-electron chi connectivity index (χ3n) is 1.88. The predicted molar refractivity (Wildman–Crippen MR) is 62.6 cm³/mol. The quantitative estimate of drug-likeness (QED) is 0.569. The van der Waals surface area contributed by atoms with Crippen LogP contribution < -0.4 is 11.1 Å². The van der Waals surface area contributed by atoms with Crippen LogP contribution in [0.2, 0.25) is 0 Å². The van der Waals surface area contributed by atoms with Crippen molar-refractivity contribution in [2.75, 3.05) is 18.9 Å². The highest BCUT2D eigenvalue weighted by atomic mass is 79.9. The van der Waals surface area contributed by atoms with E-state index >= 15 is 0 Å². The second-order valence-electron chi connectivity index (χ2n) is 3.07. The van der Waals surface area contributed by atoms with E-state index in [1.807, 2.05) is 0 Å². The van der Waals surface area contributed by atoms with Gasteiger partial charge in [-0.3, -0.25) is 4.79 Å². The van der Waals surface area contributed by atoms with Crippen LogP contribution in [0.15, 0.2) is 22.7 Å². The van der Waals surface area contributed by atoms with Crippen LogP contribution in [-0.2, 0) is 0 Å². The molecule has 0 aliphatic carbocycles. The van der Waals surface area contributed by atoms with Crippen molar-refractivity contribution in [2.24, 2.45) is 0 Å². The number of carbonyl (C=O) groups excluding carboxylic acids is 1. The zero-order chi connectivity index (χ0) is 11.3. The van der Waals surface area contributed by atoms with Crippen LogP contribution in [0.25, 0.3) is 0 Å². The van der Waals surface area contributed by atoms with Gasteiger partial charge in [0.05, 0.1) is 0 Å². The number of halogens is 1. The second kappa shape index (κ2) is 5.72. The number of nitrogens with two attached hydrogens (primary N) is 1. The molecular weight excluding hydrogens is 260 g/mol. The van der Waals surface area contributed by atoms with Gasteiger partial charge < -0.3 is 16.2 Å². The van der Waals surface area contributed by atoms with Crippen molar-refractivity contribution in [3.05, 3.63) is 28.2 Å². The fraction of sp³-hybridized carbons (Fsp3) is 0.300. The van der Waals surface area contributed by atoms with Crippen molar-refractivity contribution in [1.29, 1.82) is 0 Å². The van der Waals surface area contributed by atoms with Crippen molar-refractivity contribution < 1.29 is 9.90 Å². The molecule has 4 nitrogen and oxygen atoms in total. The Morgan fingerprint density at radius 2 is 2.27 bits per heavy atom. The van der Waals surface area contributed by atoms with E-state index in [2.05, 4.69) is 21.2 Å². The van der Waals surface area contributed by atoms with Gasteiger partial charge in [0.1, 0.15) is 0 Å². The molecule has 0 aliphatic heterocycles. The maximum absolute atomic E-state index is 11.5. The minimum Gasteiger partial charge on any atom is -0.398 e. The fourth-order valence-electron chi connectivity index (χ4n) is 1.07. The van der Waals surface area contributed by atoms with Gasteiger partial charge in [-0.1, -0.05) is 0 Å². The fourth-order valence-corrected chi connectivity index (χ4v) is 1.31. The molecule has 1 rings (SSSR count). The summed E-state index contributed by atoms with van der Waals surface area (Å²) < 4.78 is 0.773. The minimum atomic E-state index is -0.178. The number of rotatable bonds is 4. The summed E-state index contributed by atoms with van der Waals surface area (Å²) in [5.41, 5.74) is 6.70. The number of aliphatic hydroxyl groups is 1. The number of hydrogen-bond donors (Lipinski definition) is 3. The highest BCUT2D eigenvalue weighted by Gasteiger charge is 2.06. The molecule has 0 spiro atoms. The molecule has 1 aromatic rings.